The van der Waals surface area contributed by atoms with Crippen molar-refractivity contribution in [1.82, 2.24) is 4.57 Å². The monoisotopic (exact) mass is 954 g/mol. The third-order valence-corrected chi connectivity index (χ3v) is 15.5. The van der Waals surface area contributed by atoms with Crippen LogP contribution in [0.5, 0.6) is 0 Å². The molecule has 0 aliphatic heterocycles. The van der Waals surface area contributed by atoms with Crippen LogP contribution in [0.3, 0.4) is 0 Å². The molecule has 0 amide bonds. The molecular weight excluding hydrogens is 905 g/mol. The molecule has 0 saturated heterocycles. The normalized spacial score (nSPS) is 12.4. The number of anilines is 3. The van der Waals surface area contributed by atoms with Gasteiger partial charge in [-0.15, -0.1) is 0 Å². The average Bonchev–Trinajstić information content (AvgIpc) is 4.00. The molecule has 0 N–H and O–H groups in total. The van der Waals surface area contributed by atoms with Crippen molar-refractivity contribution < 1.29 is 0 Å². The molecule has 1 aliphatic carbocycles. The van der Waals surface area contributed by atoms with E-state index in [0.717, 1.165) is 39.4 Å². The Hall–Kier alpha value is -9.76. The molecule has 0 unspecified atom stereocenters. The molecule has 75 heavy (non-hydrogen) atoms. The van der Waals surface area contributed by atoms with E-state index in [1.165, 1.54) is 83.0 Å². The first kappa shape index (κ1) is 44.0. The van der Waals surface area contributed by atoms with Gasteiger partial charge in [0.2, 0.25) is 0 Å². The molecule has 1 aliphatic rings. The van der Waals surface area contributed by atoms with Crippen LogP contribution in [0.1, 0.15) is 22.3 Å². The van der Waals surface area contributed by atoms with E-state index in [9.17, 15) is 0 Å². The molecule has 12 aromatic carbocycles. The predicted molar refractivity (Wildman–Crippen MR) is 315 cm³/mol. The van der Waals surface area contributed by atoms with Gasteiger partial charge < -0.3 is 9.47 Å². The number of rotatable bonds is 10. The van der Waals surface area contributed by atoms with Crippen LogP contribution >= 0.6 is 0 Å². The molecule has 1 aromatic heterocycles. The molecule has 14 rings (SSSR count). The van der Waals surface area contributed by atoms with E-state index in [1.54, 1.807) is 0 Å². The Kier molecular flexibility index (Phi) is 10.8. The van der Waals surface area contributed by atoms with Crippen LogP contribution in [0, 0.1) is 0 Å². The smallest absolute Gasteiger partial charge is 0.0713 e. The minimum Gasteiger partial charge on any atom is -0.310 e. The Morgan fingerprint density at radius 1 is 0.267 bits per heavy atom. The van der Waals surface area contributed by atoms with Gasteiger partial charge >= 0.3 is 0 Å². The van der Waals surface area contributed by atoms with E-state index in [0.29, 0.717) is 0 Å². The van der Waals surface area contributed by atoms with Crippen molar-refractivity contribution in [3.63, 3.8) is 0 Å². The van der Waals surface area contributed by atoms with Gasteiger partial charge in [-0.3, -0.25) is 0 Å². The molecule has 1 heterocycles. The second kappa shape index (κ2) is 18.4. The summed E-state index contributed by atoms with van der Waals surface area (Å²) in [5.41, 5.74) is 23.4. The lowest BCUT2D eigenvalue weighted by molar-refractivity contribution is 0.769. The predicted octanol–water partition coefficient (Wildman–Crippen LogP) is 19.3. The van der Waals surface area contributed by atoms with Crippen molar-refractivity contribution in [2.45, 2.75) is 5.41 Å². The highest BCUT2D eigenvalue weighted by molar-refractivity contribution is 6.10. The summed E-state index contributed by atoms with van der Waals surface area (Å²) >= 11 is 0. The lowest BCUT2D eigenvalue weighted by atomic mass is 9.67. The fourth-order valence-electron chi connectivity index (χ4n) is 12.1. The number of nitrogens with zero attached hydrogens (tertiary/aromatic N) is 2. The second-order valence-electron chi connectivity index (χ2n) is 19.6. The summed E-state index contributed by atoms with van der Waals surface area (Å²) in [6, 6.07) is 111. The Labute approximate surface area is 438 Å². The zero-order valence-electron chi connectivity index (χ0n) is 41.3. The van der Waals surface area contributed by atoms with Gasteiger partial charge in [0.1, 0.15) is 0 Å². The van der Waals surface area contributed by atoms with E-state index in [2.05, 4.69) is 313 Å². The summed E-state index contributed by atoms with van der Waals surface area (Å²) in [5, 5.41) is 2.48. The number of hydrogen-bond acceptors (Lipinski definition) is 1. The third-order valence-electron chi connectivity index (χ3n) is 15.5. The lowest BCUT2D eigenvalue weighted by Gasteiger charge is -2.34. The number of para-hydroxylation sites is 3. The van der Waals surface area contributed by atoms with Crippen LogP contribution in [0.25, 0.3) is 83.1 Å². The first-order valence-corrected chi connectivity index (χ1v) is 25.9. The summed E-state index contributed by atoms with van der Waals surface area (Å²) in [4.78, 5) is 2.43. The lowest BCUT2D eigenvalue weighted by Crippen LogP contribution is -2.28. The second-order valence-corrected chi connectivity index (χ2v) is 19.6. The average molecular weight is 955 g/mol. The summed E-state index contributed by atoms with van der Waals surface area (Å²) in [6.45, 7) is 0. The number of hydrogen-bond donors (Lipinski definition) is 0. The van der Waals surface area contributed by atoms with Crippen LogP contribution in [-0.2, 0) is 5.41 Å². The van der Waals surface area contributed by atoms with Gasteiger partial charge in [-0.1, -0.05) is 237 Å². The maximum Gasteiger partial charge on any atom is 0.0713 e. The van der Waals surface area contributed by atoms with Gasteiger partial charge in [-0.25, -0.2) is 0 Å². The summed E-state index contributed by atoms with van der Waals surface area (Å²) in [7, 11) is 0. The molecule has 2 nitrogen and oxygen atoms in total. The maximum atomic E-state index is 2.47. The largest absolute Gasteiger partial charge is 0.310 e. The van der Waals surface area contributed by atoms with E-state index < -0.39 is 5.41 Å². The highest BCUT2D eigenvalue weighted by atomic mass is 15.1. The van der Waals surface area contributed by atoms with Crippen molar-refractivity contribution in [2.24, 2.45) is 0 Å². The fraction of sp³-hybridized carbons (Fsp3) is 0.0137. The first-order chi connectivity index (χ1) is 37.2. The van der Waals surface area contributed by atoms with E-state index >= 15 is 0 Å². The van der Waals surface area contributed by atoms with Crippen molar-refractivity contribution in [3.05, 3.63) is 326 Å². The fourth-order valence-corrected chi connectivity index (χ4v) is 12.1. The van der Waals surface area contributed by atoms with Crippen molar-refractivity contribution in [2.75, 3.05) is 4.90 Å². The Bertz CT molecular complexity index is 4140. The minimum absolute atomic E-state index is 0.510. The minimum atomic E-state index is -0.510. The Morgan fingerprint density at radius 2 is 0.707 bits per heavy atom. The van der Waals surface area contributed by atoms with Crippen molar-refractivity contribution in [3.8, 4) is 61.3 Å². The van der Waals surface area contributed by atoms with E-state index in [4.69, 9.17) is 0 Å². The van der Waals surface area contributed by atoms with Crippen molar-refractivity contribution >= 4 is 38.9 Å². The SMILES string of the molecule is c1ccc(-c2ccc(-c3ccc(N(c4ccc(-c5ccc6c(c5)c5ccccc5n6-c5ccccc5)cc4)c4ccccc4-c4ccc5c(c4)C(c4ccccc4)(c4ccccc4)c4ccccc4-5)cc3)cc2)cc1. The van der Waals surface area contributed by atoms with Crippen LogP contribution in [0.4, 0.5) is 17.1 Å². The van der Waals surface area contributed by atoms with Crippen LogP contribution < -0.4 is 4.90 Å². The van der Waals surface area contributed by atoms with Crippen LogP contribution in [0.15, 0.2) is 303 Å². The zero-order valence-corrected chi connectivity index (χ0v) is 41.3. The molecule has 13 aromatic rings. The molecule has 0 spiro atoms. The Morgan fingerprint density at radius 3 is 1.35 bits per heavy atom. The zero-order chi connectivity index (χ0) is 49.7. The van der Waals surface area contributed by atoms with Crippen LogP contribution in [0.2, 0.25) is 0 Å². The highest BCUT2D eigenvalue weighted by Crippen LogP contribution is 2.57. The molecule has 0 saturated carbocycles. The molecule has 0 fully saturated rings. The molecular formula is C73H50N2. The molecule has 2 heteroatoms. The number of aromatic nitrogens is 1. The number of fused-ring (bicyclic) bond motifs is 6. The molecule has 0 radical (unpaired) electrons. The van der Waals surface area contributed by atoms with Gasteiger partial charge in [0.25, 0.3) is 0 Å². The quantitative estimate of drug-likeness (QED) is 0.133. The third kappa shape index (κ3) is 7.41. The van der Waals surface area contributed by atoms with Crippen molar-refractivity contribution in [1.29, 1.82) is 0 Å². The summed E-state index contributed by atoms with van der Waals surface area (Å²) in [5.74, 6) is 0. The van der Waals surface area contributed by atoms with Gasteiger partial charge in [0.05, 0.1) is 22.1 Å². The topological polar surface area (TPSA) is 8.17 Å². The summed E-state index contributed by atoms with van der Waals surface area (Å²) in [6.07, 6.45) is 0. The van der Waals surface area contributed by atoms with Gasteiger partial charge in [0.15, 0.2) is 0 Å². The van der Waals surface area contributed by atoms with Crippen LogP contribution in [-0.4, -0.2) is 4.57 Å². The number of benzene rings is 12. The van der Waals surface area contributed by atoms with Gasteiger partial charge in [-0.2, -0.15) is 0 Å². The van der Waals surface area contributed by atoms with Gasteiger partial charge in [-0.05, 0) is 139 Å². The van der Waals surface area contributed by atoms with Gasteiger partial charge in [0, 0.05) is 33.4 Å². The first-order valence-electron chi connectivity index (χ1n) is 25.9. The van der Waals surface area contributed by atoms with E-state index in [-0.39, 0.29) is 0 Å². The summed E-state index contributed by atoms with van der Waals surface area (Å²) < 4.78 is 2.38. The molecule has 0 atom stereocenters. The molecule has 352 valence electrons. The maximum absolute atomic E-state index is 2.47. The van der Waals surface area contributed by atoms with E-state index in [1.807, 2.05) is 0 Å². The molecule has 0 bridgehead atoms. The highest BCUT2D eigenvalue weighted by Gasteiger charge is 2.46. The Balaban J connectivity index is 0.902. The standard InChI is InChI=1S/C73H50N2/c1-5-19-51(20-6-1)52-33-35-53(36-34-52)54-37-43-61(44-38-54)74(62-45-39-55(40-46-62)56-42-48-72-67(49-56)66-29-15-18-32-71(66)75(72)60-25-11-4-12-26-60)70-31-17-14-27-63(70)57-41-47-65-64-28-13-16-30-68(64)73(69(65)50-57,58-21-7-2-8-22-58)59-23-9-3-10-24-59/h1-50H.